The van der Waals surface area contributed by atoms with Gasteiger partial charge in [0.1, 0.15) is 10.9 Å². The molecule has 0 N–H and O–H groups in total. The second kappa shape index (κ2) is 3.72. The molecular weight excluding hydrogens is 315 g/mol. The SMILES string of the molecule is Clc1nc(Cl)c2cc(Br)c3c(c2n1)CCO3. The third-order valence-corrected chi connectivity index (χ3v) is 3.56. The summed E-state index contributed by atoms with van der Waals surface area (Å²) in [5.41, 5.74) is 1.82. The molecule has 6 heteroatoms. The lowest BCUT2D eigenvalue weighted by atomic mass is 10.1. The van der Waals surface area contributed by atoms with Gasteiger partial charge in [0.05, 0.1) is 16.6 Å². The molecule has 1 aliphatic heterocycles. The third-order valence-electron chi connectivity index (χ3n) is 2.52. The molecule has 2 heterocycles. The molecule has 0 radical (unpaired) electrons. The molecular formula is C10H5BrCl2N2O. The molecule has 0 amide bonds. The summed E-state index contributed by atoms with van der Waals surface area (Å²) in [7, 11) is 0. The predicted molar refractivity (Wildman–Crippen MR) is 66.5 cm³/mol. The maximum absolute atomic E-state index is 6.04. The summed E-state index contributed by atoms with van der Waals surface area (Å²) in [6.45, 7) is 0.659. The van der Waals surface area contributed by atoms with Crippen molar-refractivity contribution >= 4 is 50.0 Å². The van der Waals surface area contributed by atoms with E-state index < -0.39 is 0 Å². The molecule has 3 rings (SSSR count). The monoisotopic (exact) mass is 318 g/mol. The molecule has 0 bridgehead atoms. The average molecular weight is 320 g/mol. The lowest BCUT2D eigenvalue weighted by molar-refractivity contribution is 0.355. The highest BCUT2D eigenvalue weighted by atomic mass is 79.9. The Balaban J connectivity index is 2.48. The van der Waals surface area contributed by atoms with Crippen molar-refractivity contribution in [3.63, 3.8) is 0 Å². The molecule has 82 valence electrons. The van der Waals surface area contributed by atoms with E-state index in [1.54, 1.807) is 0 Å². The van der Waals surface area contributed by atoms with Gasteiger partial charge in [-0.1, -0.05) is 11.6 Å². The lowest BCUT2D eigenvalue weighted by Gasteiger charge is -2.07. The normalized spacial score (nSPS) is 13.9. The van der Waals surface area contributed by atoms with Gasteiger partial charge in [0.25, 0.3) is 0 Å². The minimum Gasteiger partial charge on any atom is -0.492 e. The Hall–Kier alpha value is -0.580. The highest BCUT2D eigenvalue weighted by molar-refractivity contribution is 9.10. The van der Waals surface area contributed by atoms with Crippen molar-refractivity contribution in [3.05, 3.63) is 26.5 Å². The number of hydrogen-bond donors (Lipinski definition) is 0. The van der Waals surface area contributed by atoms with Crippen molar-refractivity contribution in [2.45, 2.75) is 6.42 Å². The van der Waals surface area contributed by atoms with Crippen LogP contribution in [0.1, 0.15) is 5.56 Å². The van der Waals surface area contributed by atoms with Gasteiger partial charge in [-0.25, -0.2) is 9.97 Å². The molecule has 0 fully saturated rings. The summed E-state index contributed by atoms with van der Waals surface area (Å²) in [6, 6.07) is 1.86. The standard InChI is InChI=1S/C10H5BrCl2N2O/c11-6-3-5-7(4-1-2-16-8(4)6)14-10(13)15-9(5)12/h3H,1-2H2. The minimum absolute atomic E-state index is 0.161. The van der Waals surface area contributed by atoms with E-state index in [9.17, 15) is 0 Å². The minimum atomic E-state index is 0.161. The van der Waals surface area contributed by atoms with Crippen LogP contribution in [0.5, 0.6) is 5.75 Å². The number of ether oxygens (including phenoxy) is 1. The predicted octanol–water partition coefficient (Wildman–Crippen LogP) is 3.63. The molecule has 16 heavy (non-hydrogen) atoms. The first kappa shape index (κ1) is 10.6. The smallest absolute Gasteiger partial charge is 0.224 e. The second-order valence-electron chi connectivity index (χ2n) is 3.44. The molecule has 1 aliphatic rings. The Morgan fingerprint density at radius 3 is 2.94 bits per heavy atom. The molecule has 0 spiro atoms. The van der Waals surface area contributed by atoms with Gasteiger partial charge in [-0.05, 0) is 33.6 Å². The molecule has 0 unspecified atom stereocenters. The topological polar surface area (TPSA) is 35.0 Å². The second-order valence-corrected chi connectivity index (χ2v) is 4.99. The number of fused-ring (bicyclic) bond motifs is 3. The number of nitrogens with zero attached hydrogens (tertiary/aromatic N) is 2. The molecule has 3 nitrogen and oxygen atoms in total. The summed E-state index contributed by atoms with van der Waals surface area (Å²) < 4.78 is 6.40. The maximum Gasteiger partial charge on any atom is 0.224 e. The van der Waals surface area contributed by atoms with Gasteiger partial charge in [0.2, 0.25) is 5.28 Å². The molecule has 0 aliphatic carbocycles. The van der Waals surface area contributed by atoms with Crippen LogP contribution in [-0.4, -0.2) is 16.6 Å². The molecule has 0 saturated carbocycles. The van der Waals surface area contributed by atoms with Crippen LogP contribution in [0.15, 0.2) is 10.5 Å². The Kier molecular flexibility index (Phi) is 2.46. The van der Waals surface area contributed by atoms with Gasteiger partial charge < -0.3 is 4.74 Å². The maximum atomic E-state index is 6.04. The van der Waals surface area contributed by atoms with Crippen molar-refractivity contribution in [2.24, 2.45) is 0 Å². The fraction of sp³-hybridized carbons (Fsp3) is 0.200. The number of hydrogen-bond acceptors (Lipinski definition) is 3. The number of rotatable bonds is 0. The van der Waals surface area contributed by atoms with Crippen molar-refractivity contribution < 1.29 is 4.74 Å². The van der Waals surface area contributed by atoms with Gasteiger partial charge in [-0.3, -0.25) is 0 Å². The first-order chi connectivity index (χ1) is 7.66. The first-order valence-electron chi connectivity index (χ1n) is 4.64. The van der Waals surface area contributed by atoms with Crippen molar-refractivity contribution in [2.75, 3.05) is 6.61 Å². The van der Waals surface area contributed by atoms with Crippen LogP contribution < -0.4 is 4.74 Å². The fourth-order valence-corrected chi connectivity index (χ4v) is 2.88. The zero-order chi connectivity index (χ0) is 11.3. The first-order valence-corrected chi connectivity index (χ1v) is 6.18. The number of halogens is 3. The Morgan fingerprint density at radius 1 is 1.31 bits per heavy atom. The van der Waals surface area contributed by atoms with E-state index in [4.69, 9.17) is 27.9 Å². The molecule has 0 atom stereocenters. The quantitative estimate of drug-likeness (QED) is 0.549. The zero-order valence-corrected chi connectivity index (χ0v) is 11.0. The van der Waals surface area contributed by atoms with E-state index in [2.05, 4.69) is 25.9 Å². The highest BCUT2D eigenvalue weighted by Crippen LogP contribution is 2.40. The van der Waals surface area contributed by atoms with Gasteiger partial charge in [0, 0.05) is 17.4 Å². The van der Waals surface area contributed by atoms with Gasteiger partial charge >= 0.3 is 0 Å². The average Bonchev–Trinajstić information content (AvgIpc) is 2.69. The summed E-state index contributed by atoms with van der Waals surface area (Å²) in [5, 5.41) is 1.32. The molecule has 0 saturated heterocycles. The molecule has 2 aromatic rings. The summed E-state index contributed by atoms with van der Waals surface area (Å²) in [6.07, 6.45) is 0.814. The van der Waals surface area contributed by atoms with E-state index in [0.29, 0.717) is 11.8 Å². The van der Waals surface area contributed by atoms with Crippen LogP contribution in [0, 0.1) is 0 Å². The van der Waals surface area contributed by atoms with Crippen molar-refractivity contribution in [3.8, 4) is 5.75 Å². The molecule has 1 aromatic heterocycles. The van der Waals surface area contributed by atoms with Crippen LogP contribution in [0.3, 0.4) is 0 Å². The van der Waals surface area contributed by atoms with Gasteiger partial charge in [-0.2, -0.15) is 0 Å². The fourth-order valence-electron chi connectivity index (χ4n) is 1.86. The van der Waals surface area contributed by atoms with Crippen LogP contribution in [0.2, 0.25) is 10.4 Å². The van der Waals surface area contributed by atoms with E-state index in [-0.39, 0.29) is 5.28 Å². The Morgan fingerprint density at radius 2 is 2.12 bits per heavy atom. The van der Waals surface area contributed by atoms with Gasteiger partial charge in [-0.15, -0.1) is 0 Å². The van der Waals surface area contributed by atoms with Crippen LogP contribution in [0.4, 0.5) is 0 Å². The molecule has 1 aromatic carbocycles. The van der Waals surface area contributed by atoms with E-state index in [1.807, 2.05) is 6.07 Å². The van der Waals surface area contributed by atoms with Crippen LogP contribution in [0.25, 0.3) is 10.9 Å². The Bertz CT molecular complexity index is 603. The third kappa shape index (κ3) is 1.48. The van der Waals surface area contributed by atoms with E-state index >= 15 is 0 Å². The number of benzene rings is 1. The lowest BCUT2D eigenvalue weighted by Crippen LogP contribution is -1.91. The van der Waals surface area contributed by atoms with Crippen LogP contribution in [-0.2, 0) is 6.42 Å². The van der Waals surface area contributed by atoms with Crippen molar-refractivity contribution in [1.82, 2.24) is 9.97 Å². The van der Waals surface area contributed by atoms with Crippen LogP contribution >= 0.6 is 39.1 Å². The zero-order valence-electron chi connectivity index (χ0n) is 7.93. The Labute approximate surface area is 110 Å². The largest absolute Gasteiger partial charge is 0.492 e. The highest BCUT2D eigenvalue weighted by Gasteiger charge is 2.21. The van der Waals surface area contributed by atoms with E-state index in [1.165, 1.54) is 0 Å². The summed E-state index contributed by atoms with van der Waals surface area (Å²) >= 11 is 15.3. The number of aromatic nitrogens is 2. The van der Waals surface area contributed by atoms with Crippen molar-refractivity contribution in [1.29, 1.82) is 0 Å². The summed E-state index contributed by atoms with van der Waals surface area (Å²) in [5.74, 6) is 0.832. The summed E-state index contributed by atoms with van der Waals surface area (Å²) in [4.78, 5) is 8.14. The van der Waals surface area contributed by atoms with Gasteiger partial charge in [0.15, 0.2) is 0 Å². The van der Waals surface area contributed by atoms with E-state index in [0.717, 1.165) is 33.1 Å².